The Hall–Kier alpha value is -1.46. The Morgan fingerprint density at radius 1 is 1.54 bits per heavy atom. The third-order valence-corrected chi connectivity index (χ3v) is 1.46. The Kier molecular flexibility index (Phi) is 2.07. The molecule has 1 rings (SSSR count). The van der Waals surface area contributed by atoms with Crippen molar-refractivity contribution < 1.29 is 22.4 Å². The number of nitrogens with two attached hydrogens (primary N) is 1. The zero-order chi connectivity index (χ0) is 10.2. The van der Waals surface area contributed by atoms with Gasteiger partial charge in [-0.2, -0.15) is 13.2 Å². The molecule has 1 heterocycles. The molecule has 0 unspecified atom stereocenters. The monoisotopic (exact) mass is 193 g/mol. The van der Waals surface area contributed by atoms with E-state index in [1.165, 1.54) is 6.92 Å². The van der Waals surface area contributed by atoms with Crippen molar-refractivity contribution in [2.24, 2.45) is 5.73 Å². The van der Waals surface area contributed by atoms with Gasteiger partial charge < -0.3 is 10.2 Å². The Bertz CT molecular complexity index is 340. The molecular weight excluding hydrogens is 187 g/mol. The number of aryl methyl sites for hydroxylation is 1. The van der Waals surface area contributed by atoms with Crippen LogP contribution >= 0.6 is 0 Å². The van der Waals surface area contributed by atoms with E-state index >= 15 is 0 Å². The van der Waals surface area contributed by atoms with E-state index in [1.54, 1.807) is 0 Å². The molecule has 6 heteroatoms. The molecule has 0 fully saturated rings. The summed E-state index contributed by atoms with van der Waals surface area (Å²) in [7, 11) is 0. The molecule has 2 N–H and O–H groups in total. The molecule has 3 nitrogen and oxygen atoms in total. The molecule has 1 amide bonds. The predicted molar refractivity (Wildman–Crippen MR) is 37.0 cm³/mol. The molecule has 0 saturated carbocycles. The molecule has 72 valence electrons. The molecule has 0 aliphatic heterocycles. The van der Waals surface area contributed by atoms with Gasteiger partial charge in [0.15, 0.2) is 0 Å². The number of amides is 1. The van der Waals surface area contributed by atoms with E-state index in [2.05, 4.69) is 4.42 Å². The molecule has 0 aromatic carbocycles. The average Bonchev–Trinajstić information content (AvgIpc) is 2.29. The van der Waals surface area contributed by atoms with E-state index in [-0.39, 0.29) is 11.3 Å². The Morgan fingerprint density at radius 2 is 2.08 bits per heavy atom. The molecule has 1 aromatic rings. The first-order valence-electron chi connectivity index (χ1n) is 3.30. The summed E-state index contributed by atoms with van der Waals surface area (Å²) in [5.41, 5.74) is 4.56. The third-order valence-electron chi connectivity index (χ3n) is 1.46. The van der Waals surface area contributed by atoms with Gasteiger partial charge >= 0.3 is 6.18 Å². The number of carbonyl (C=O) groups is 1. The van der Waals surface area contributed by atoms with Crippen LogP contribution in [-0.2, 0) is 6.18 Å². The van der Waals surface area contributed by atoms with Crippen LogP contribution in [0, 0.1) is 6.92 Å². The Balaban J connectivity index is 3.17. The predicted octanol–water partition coefficient (Wildman–Crippen LogP) is 1.71. The Labute approximate surface area is 71.3 Å². The van der Waals surface area contributed by atoms with Gasteiger partial charge in [-0.3, -0.25) is 4.79 Å². The molecule has 0 atom stereocenters. The first kappa shape index (κ1) is 9.63. The van der Waals surface area contributed by atoms with Gasteiger partial charge in [-0.05, 0) is 6.92 Å². The van der Waals surface area contributed by atoms with E-state index < -0.39 is 17.8 Å². The number of rotatable bonds is 1. The van der Waals surface area contributed by atoms with Crippen LogP contribution in [0.5, 0.6) is 0 Å². The summed E-state index contributed by atoms with van der Waals surface area (Å²) >= 11 is 0. The SMILES string of the molecule is Cc1oc(C(F)(F)F)cc1C(N)=O. The number of carbonyl (C=O) groups excluding carboxylic acids is 1. The van der Waals surface area contributed by atoms with Gasteiger partial charge in [-0.1, -0.05) is 0 Å². The van der Waals surface area contributed by atoms with Gasteiger partial charge in [0, 0.05) is 6.07 Å². The highest BCUT2D eigenvalue weighted by Gasteiger charge is 2.36. The molecule has 0 bridgehead atoms. The second kappa shape index (κ2) is 2.79. The fraction of sp³-hybridized carbons (Fsp3) is 0.286. The van der Waals surface area contributed by atoms with Gasteiger partial charge in [-0.15, -0.1) is 0 Å². The smallest absolute Gasteiger partial charge is 0.449 e. The van der Waals surface area contributed by atoms with Gasteiger partial charge in [0.1, 0.15) is 5.76 Å². The highest BCUT2D eigenvalue weighted by molar-refractivity contribution is 5.93. The quantitative estimate of drug-likeness (QED) is 0.737. The van der Waals surface area contributed by atoms with E-state index in [0.717, 1.165) is 0 Å². The van der Waals surface area contributed by atoms with Crippen LogP contribution in [0.4, 0.5) is 13.2 Å². The molecule has 0 radical (unpaired) electrons. The lowest BCUT2D eigenvalue weighted by Crippen LogP contribution is -2.11. The van der Waals surface area contributed by atoms with E-state index in [9.17, 15) is 18.0 Å². The molecule has 1 aromatic heterocycles. The standard InChI is InChI=1S/C7H6F3NO2/c1-3-4(6(11)12)2-5(13-3)7(8,9)10/h2H,1H3,(H2,11,12). The topological polar surface area (TPSA) is 56.2 Å². The maximum Gasteiger partial charge on any atom is 0.449 e. The number of hydrogen-bond acceptors (Lipinski definition) is 2. The highest BCUT2D eigenvalue weighted by Crippen LogP contribution is 2.32. The van der Waals surface area contributed by atoms with Gasteiger partial charge in [0.25, 0.3) is 5.91 Å². The van der Waals surface area contributed by atoms with Gasteiger partial charge in [0.2, 0.25) is 5.76 Å². The van der Waals surface area contributed by atoms with Crippen LogP contribution in [0.2, 0.25) is 0 Å². The van der Waals surface area contributed by atoms with Crippen LogP contribution < -0.4 is 5.73 Å². The zero-order valence-corrected chi connectivity index (χ0v) is 6.61. The number of alkyl halides is 3. The highest BCUT2D eigenvalue weighted by atomic mass is 19.4. The van der Waals surface area contributed by atoms with Gasteiger partial charge in [0.05, 0.1) is 5.56 Å². The average molecular weight is 193 g/mol. The van der Waals surface area contributed by atoms with Gasteiger partial charge in [-0.25, -0.2) is 0 Å². The van der Waals surface area contributed by atoms with Crippen molar-refractivity contribution in [1.82, 2.24) is 0 Å². The van der Waals surface area contributed by atoms with Crippen molar-refractivity contribution in [3.8, 4) is 0 Å². The summed E-state index contributed by atoms with van der Waals surface area (Å²) in [4.78, 5) is 10.6. The molecule has 0 spiro atoms. The second-order valence-corrected chi connectivity index (χ2v) is 2.44. The number of furan rings is 1. The minimum absolute atomic E-state index is 0.125. The second-order valence-electron chi connectivity index (χ2n) is 2.44. The summed E-state index contributed by atoms with van der Waals surface area (Å²) in [6.07, 6.45) is -4.58. The minimum Gasteiger partial charge on any atom is -0.456 e. The van der Waals surface area contributed by atoms with Crippen molar-refractivity contribution in [1.29, 1.82) is 0 Å². The van der Waals surface area contributed by atoms with Crippen LogP contribution in [0.25, 0.3) is 0 Å². The summed E-state index contributed by atoms with van der Waals surface area (Å²) in [5.74, 6) is -2.27. The maximum atomic E-state index is 12.0. The summed E-state index contributed by atoms with van der Waals surface area (Å²) in [6, 6.07) is 0.595. The van der Waals surface area contributed by atoms with Crippen molar-refractivity contribution in [2.45, 2.75) is 13.1 Å². The van der Waals surface area contributed by atoms with Crippen LogP contribution in [0.3, 0.4) is 0 Å². The first-order chi connectivity index (χ1) is 5.82. The van der Waals surface area contributed by atoms with Crippen molar-refractivity contribution >= 4 is 5.91 Å². The molecule has 0 aliphatic rings. The molecule has 13 heavy (non-hydrogen) atoms. The van der Waals surface area contributed by atoms with Crippen molar-refractivity contribution in [3.63, 3.8) is 0 Å². The minimum atomic E-state index is -4.58. The van der Waals surface area contributed by atoms with Crippen LogP contribution in [-0.4, -0.2) is 5.91 Å². The largest absolute Gasteiger partial charge is 0.456 e. The number of primary amides is 1. The lowest BCUT2D eigenvalue weighted by molar-refractivity contribution is -0.153. The van der Waals surface area contributed by atoms with E-state index in [0.29, 0.717) is 6.07 Å². The normalized spacial score (nSPS) is 11.7. The van der Waals surface area contributed by atoms with Crippen molar-refractivity contribution in [2.75, 3.05) is 0 Å². The fourth-order valence-electron chi connectivity index (χ4n) is 0.866. The lowest BCUT2D eigenvalue weighted by Gasteiger charge is -1.99. The number of hydrogen-bond donors (Lipinski definition) is 1. The summed E-state index contributed by atoms with van der Waals surface area (Å²) in [5, 5.41) is 0. The van der Waals surface area contributed by atoms with Crippen molar-refractivity contribution in [3.05, 3.63) is 23.2 Å². The van der Waals surface area contributed by atoms with E-state index in [1.807, 2.05) is 0 Å². The molecule has 0 saturated heterocycles. The van der Waals surface area contributed by atoms with Crippen LogP contribution in [0.1, 0.15) is 21.9 Å². The molecule has 0 aliphatic carbocycles. The zero-order valence-electron chi connectivity index (χ0n) is 6.61. The first-order valence-corrected chi connectivity index (χ1v) is 3.30. The fourth-order valence-corrected chi connectivity index (χ4v) is 0.866. The Morgan fingerprint density at radius 3 is 2.31 bits per heavy atom. The molecular formula is C7H6F3NO2. The third kappa shape index (κ3) is 1.82. The summed E-state index contributed by atoms with van der Waals surface area (Å²) < 4.78 is 40.3. The number of halogens is 3. The van der Waals surface area contributed by atoms with E-state index in [4.69, 9.17) is 5.73 Å². The summed E-state index contributed by atoms with van der Waals surface area (Å²) in [6.45, 7) is 1.25. The maximum absolute atomic E-state index is 12.0. The van der Waals surface area contributed by atoms with Crippen LogP contribution in [0.15, 0.2) is 10.5 Å². The lowest BCUT2D eigenvalue weighted by atomic mass is 10.2.